The molecule has 8 heteroatoms. The van der Waals surface area contributed by atoms with E-state index in [-0.39, 0.29) is 13.2 Å². The van der Waals surface area contributed by atoms with Crippen LogP contribution in [0.25, 0.3) is 0 Å². The normalized spacial score (nSPS) is 34.6. The molecule has 0 aromatic carbocycles. The fourth-order valence-corrected chi connectivity index (χ4v) is 3.05. The van der Waals surface area contributed by atoms with Gasteiger partial charge in [-0.25, -0.2) is 9.78 Å². The lowest BCUT2D eigenvalue weighted by molar-refractivity contribution is -0.332. The first-order valence-electron chi connectivity index (χ1n) is 8.59. The topological polar surface area (TPSA) is 90.6 Å². The van der Waals surface area contributed by atoms with Crippen LogP contribution >= 0.6 is 0 Å². The van der Waals surface area contributed by atoms with Crippen LogP contribution in [-0.2, 0) is 33.5 Å². The Morgan fingerprint density at radius 3 is 2.50 bits per heavy atom. The zero-order chi connectivity index (χ0) is 17.6. The summed E-state index contributed by atoms with van der Waals surface area (Å²) in [6, 6.07) is 0. The number of nitrogens with two attached hydrogens (primary N) is 1. The molecule has 24 heavy (non-hydrogen) atoms. The maximum atomic E-state index is 6.03. The molecule has 0 bridgehead atoms. The first kappa shape index (κ1) is 20.0. The molecule has 0 saturated carbocycles. The van der Waals surface area contributed by atoms with Crippen molar-refractivity contribution in [2.24, 2.45) is 5.73 Å². The van der Waals surface area contributed by atoms with Crippen molar-refractivity contribution in [3.05, 3.63) is 0 Å². The first-order chi connectivity index (χ1) is 11.5. The van der Waals surface area contributed by atoms with Crippen molar-refractivity contribution in [3.8, 4) is 0 Å². The molecule has 2 saturated heterocycles. The Hall–Kier alpha value is -0.320. The Morgan fingerprint density at radius 2 is 1.83 bits per heavy atom. The van der Waals surface area contributed by atoms with Crippen LogP contribution in [0.2, 0.25) is 0 Å². The van der Waals surface area contributed by atoms with E-state index in [2.05, 4.69) is 6.92 Å². The lowest BCUT2D eigenvalue weighted by Gasteiger charge is -2.28. The number of ether oxygens (including phenoxy) is 5. The van der Waals surface area contributed by atoms with Crippen molar-refractivity contribution in [1.29, 1.82) is 0 Å². The summed E-state index contributed by atoms with van der Waals surface area (Å²) in [6.45, 7) is 7.98. The quantitative estimate of drug-likeness (QED) is 0.335. The second-order valence-electron chi connectivity index (χ2n) is 6.49. The van der Waals surface area contributed by atoms with Crippen LogP contribution in [-0.4, -0.2) is 70.0 Å². The van der Waals surface area contributed by atoms with Gasteiger partial charge in [-0.2, -0.15) is 0 Å². The van der Waals surface area contributed by atoms with Gasteiger partial charge in [0.1, 0.15) is 18.8 Å². The fourth-order valence-electron chi connectivity index (χ4n) is 3.05. The largest absolute Gasteiger partial charge is 0.379 e. The molecule has 8 nitrogen and oxygen atoms in total. The monoisotopic (exact) mass is 349 g/mol. The Balaban J connectivity index is 1.91. The van der Waals surface area contributed by atoms with Gasteiger partial charge in [0.25, 0.3) is 0 Å². The molecule has 0 amide bonds. The van der Waals surface area contributed by atoms with E-state index in [1.54, 1.807) is 0 Å². The average Bonchev–Trinajstić information content (AvgIpc) is 2.95. The first-order valence-corrected chi connectivity index (χ1v) is 8.59. The molecule has 2 aliphatic heterocycles. The molecule has 0 aromatic rings. The van der Waals surface area contributed by atoms with Gasteiger partial charge < -0.3 is 29.4 Å². The maximum absolute atomic E-state index is 6.03. The molecule has 4 atom stereocenters. The number of hydrogen-bond donors (Lipinski definition) is 1. The molecule has 0 spiro atoms. The van der Waals surface area contributed by atoms with Crippen LogP contribution in [0.1, 0.15) is 33.6 Å². The Bertz CT molecular complexity index is 381. The molecule has 0 aromatic heterocycles. The third-order valence-corrected chi connectivity index (χ3v) is 4.04. The predicted octanol–water partition coefficient (Wildman–Crippen LogP) is 0.972. The lowest BCUT2D eigenvalue weighted by Crippen LogP contribution is -2.45. The van der Waals surface area contributed by atoms with Crippen LogP contribution in [0, 0.1) is 0 Å². The van der Waals surface area contributed by atoms with E-state index in [4.69, 9.17) is 39.2 Å². The van der Waals surface area contributed by atoms with E-state index in [9.17, 15) is 0 Å². The molecular formula is C16H31NO7. The Morgan fingerprint density at radius 1 is 1.08 bits per heavy atom. The van der Waals surface area contributed by atoms with Gasteiger partial charge in [0.05, 0.1) is 20.3 Å². The van der Waals surface area contributed by atoms with Crippen LogP contribution in [0.15, 0.2) is 0 Å². The van der Waals surface area contributed by atoms with Gasteiger partial charge in [0.15, 0.2) is 11.9 Å². The molecule has 0 unspecified atom stereocenters. The molecule has 2 N–H and O–H groups in total. The van der Waals surface area contributed by atoms with Crippen molar-refractivity contribution in [2.45, 2.75) is 63.5 Å². The number of rotatable bonds is 11. The van der Waals surface area contributed by atoms with Crippen LogP contribution in [0.4, 0.5) is 0 Å². The zero-order valence-corrected chi connectivity index (χ0v) is 15.1. The van der Waals surface area contributed by atoms with Crippen molar-refractivity contribution in [3.63, 3.8) is 0 Å². The fraction of sp³-hybridized carbons (Fsp3) is 1.00. The minimum absolute atomic E-state index is 0.207. The summed E-state index contributed by atoms with van der Waals surface area (Å²) in [6.07, 6.45) is 0.805. The third-order valence-electron chi connectivity index (χ3n) is 4.04. The predicted molar refractivity (Wildman–Crippen MR) is 85.1 cm³/mol. The molecule has 2 fully saturated rings. The lowest BCUT2D eigenvalue weighted by atomic mass is 10.1. The summed E-state index contributed by atoms with van der Waals surface area (Å²) in [4.78, 5) is 10.1. The molecule has 142 valence electrons. The summed E-state index contributed by atoms with van der Waals surface area (Å²) >= 11 is 0. The average molecular weight is 349 g/mol. The van der Waals surface area contributed by atoms with E-state index in [1.165, 1.54) is 7.11 Å². The second kappa shape index (κ2) is 8.86. The smallest absolute Gasteiger partial charge is 0.224 e. The molecule has 2 rings (SSSR count). The van der Waals surface area contributed by atoms with Gasteiger partial charge in [0, 0.05) is 13.2 Å². The second-order valence-corrected chi connectivity index (χ2v) is 6.49. The van der Waals surface area contributed by atoms with Gasteiger partial charge in [-0.3, -0.25) is 0 Å². The highest BCUT2D eigenvalue weighted by Crippen LogP contribution is 2.46. The number of fused-ring (bicyclic) bond motifs is 1. The van der Waals surface area contributed by atoms with E-state index >= 15 is 0 Å². The summed E-state index contributed by atoms with van der Waals surface area (Å²) in [7, 11) is 1.44. The molecule has 2 aliphatic rings. The van der Waals surface area contributed by atoms with Crippen molar-refractivity contribution in [2.75, 3.05) is 40.1 Å². The molecule has 2 heterocycles. The van der Waals surface area contributed by atoms with Gasteiger partial charge in [-0.15, -0.1) is 0 Å². The summed E-state index contributed by atoms with van der Waals surface area (Å²) in [5.74, 6) is -1.86. The van der Waals surface area contributed by atoms with E-state index in [0.717, 1.165) is 19.4 Å². The van der Waals surface area contributed by atoms with Gasteiger partial charge >= 0.3 is 0 Å². The zero-order valence-electron chi connectivity index (χ0n) is 15.1. The van der Waals surface area contributed by atoms with Crippen LogP contribution < -0.4 is 5.73 Å². The highest BCUT2D eigenvalue weighted by Gasteiger charge is 2.65. The molecule has 0 radical (unpaired) electrons. The Kier molecular flexibility index (Phi) is 7.39. The van der Waals surface area contributed by atoms with E-state index < -0.39 is 29.9 Å². The Labute approximate surface area is 143 Å². The van der Waals surface area contributed by atoms with Crippen molar-refractivity contribution in [1.82, 2.24) is 0 Å². The van der Waals surface area contributed by atoms with E-state index in [0.29, 0.717) is 13.2 Å². The minimum Gasteiger partial charge on any atom is -0.379 e. The number of unbranched alkanes of at least 4 members (excludes halogenated alkanes) is 1. The van der Waals surface area contributed by atoms with Crippen LogP contribution in [0.3, 0.4) is 0 Å². The van der Waals surface area contributed by atoms with Crippen molar-refractivity contribution >= 4 is 0 Å². The van der Waals surface area contributed by atoms with Crippen molar-refractivity contribution < 1.29 is 33.5 Å². The van der Waals surface area contributed by atoms with E-state index in [1.807, 2.05) is 13.8 Å². The van der Waals surface area contributed by atoms with Gasteiger partial charge in [-0.05, 0) is 20.3 Å². The molecule has 0 aliphatic carbocycles. The van der Waals surface area contributed by atoms with Gasteiger partial charge in [0.2, 0.25) is 5.79 Å². The van der Waals surface area contributed by atoms with Crippen LogP contribution in [0.5, 0.6) is 0 Å². The minimum atomic E-state index is -1.06. The highest BCUT2D eigenvalue weighted by molar-refractivity contribution is 5.03. The maximum Gasteiger partial charge on any atom is 0.224 e. The SMILES string of the molecule is CCCCOCCOC[C@@]12O[C@@H](CN)[C@@H](OOC)[C@@H]1OC(C)(C)O2. The molecular weight excluding hydrogens is 318 g/mol. The summed E-state index contributed by atoms with van der Waals surface area (Å²) in [5.41, 5.74) is 5.77. The highest BCUT2D eigenvalue weighted by atomic mass is 17.2. The summed E-state index contributed by atoms with van der Waals surface area (Å²) in [5, 5.41) is 0. The number of hydrogen-bond acceptors (Lipinski definition) is 8. The standard InChI is InChI=1S/C16H31NO7/c1-5-6-7-19-8-9-20-11-16-14(22-15(2,3)24-16)13(23-18-4)12(10-17)21-16/h12-14H,5-11,17H2,1-4H3/t12-,13+,14-,16-/m0/s1. The summed E-state index contributed by atoms with van der Waals surface area (Å²) < 4.78 is 29.2. The van der Waals surface area contributed by atoms with Gasteiger partial charge in [-0.1, -0.05) is 13.3 Å². The third kappa shape index (κ3) is 4.64.